The number of benzene rings is 2. The molecule has 3 amide bonds. The molecule has 2 aromatic carbocycles. The fourth-order valence-corrected chi connectivity index (χ4v) is 3.67. The lowest BCUT2D eigenvalue weighted by Gasteiger charge is -2.32. The van der Waals surface area contributed by atoms with E-state index >= 15 is 0 Å². The Morgan fingerprint density at radius 3 is 2.36 bits per heavy atom. The van der Waals surface area contributed by atoms with E-state index in [9.17, 15) is 22.8 Å². The first kappa shape index (κ1) is 22.4. The maximum atomic E-state index is 12.9. The quantitative estimate of drug-likeness (QED) is 0.552. The van der Waals surface area contributed by atoms with Crippen LogP contribution in [0.4, 0.5) is 23.7 Å². The Labute approximate surface area is 188 Å². The summed E-state index contributed by atoms with van der Waals surface area (Å²) in [7, 11) is 0. The van der Waals surface area contributed by atoms with Crippen molar-refractivity contribution in [3.8, 4) is 11.3 Å². The third kappa shape index (κ3) is 5.54. The van der Waals surface area contributed by atoms with Gasteiger partial charge in [-0.1, -0.05) is 30.3 Å². The van der Waals surface area contributed by atoms with Gasteiger partial charge >= 0.3 is 12.2 Å². The number of nitrogens with zero attached hydrogens (tertiary/aromatic N) is 1. The van der Waals surface area contributed by atoms with Gasteiger partial charge < -0.3 is 20.0 Å². The van der Waals surface area contributed by atoms with Crippen molar-refractivity contribution in [2.75, 3.05) is 18.4 Å². The highest BCUT2D eigenvalue weighted by atomic mass is 19.4. The zero-order valence-corrected chi connectivity index (χ0v) is 17.6. The standard InChI is InChI=1S/C24H22F3N3O3/c25-24(26,27)17-6-4-5-16(15-17)20-9-10-21(33-20)22(31)28-19-11-13-30(14-12-19)23(32)29-18-7-2-1-3-8-18/h1-10,15,19H,11-14H2,(H,28,31)(H,29,32). The maximum absolute atomic E-state index is 12.9. The molecule has 0 spiro atoms. The number of carbonyl (C=O) groups excluding carboxylic acids is 2. The largest absolute Gasteiger partial charge is 0.451 e. The number of furan rings is 1. The lowest BCUT2D eigenvalue weighted by Crippen LogP contribution is -2.47. The molecule has 0 saturated carbocycles. The molecule has 9 heteroatoms. The summed E-state index contributed by atoms with van der Waals surface area (Å²) >= 11 is 0. The van der Waals surface area contributed by atoms with Gasteiger partial charge in [-0.15, -0.1) is 0 Å². The van der Waals surface area contributed by atoms with Crippen molar-refractivity contribution in [1.82, 2.24) is 10.2 Å². The predicted molar refractivity (Wildman–Crippen MR) is 117 cm³/mol. The monoisotopic (exact) mass is 457 g/mol. The van der Waals surface area contributed by atoms with Crippen LogP contribution in [0.25, 0.3) is 11.3 Å². The van der Waals surface area contributed by atoms with Crippen molar-refractivity contribution < 1.29 is 27.2 Å². The molecule has 1 saturated heterocycles. The van der Waals surface area contributed by atoms with Gasteiger partial charge in [-0.05, 0) is 49.2 Å². The van der Waals surface area contributed by atoms with Crippen LogP contribution in [-0.4, -0.2) is 36.0 Å². The average Bonchev–Trinajstić information content (AvgIpc) is 3.30. The number of piperidine rings is 1. The Morgan fingerprint density at radius 2 is 1.67 bits per heavy atom. The van der Waals surface area contributed by atoms with Crippen LogP contribution < -0.4 is 10.6 Å². The molecule has 2 N–H and O–H groups in total. The number of alkyl halides is 3. The smallest absolute Gasteiger partial charge is 0.416 e. The Morgan fingerprint density at radius 1 is 0.939 bits per heavy atom. The Hall–Kier alpha value is -3.75. The van der Waals surface area contributed by atoms with Crippen LogP contribution in [0.2, 0.25) is 0 Å². The van der Waals surface area contributed by atoms with E-state index in [4.69, 9.17) is 4.42 Å². The van der Waals surface area contributed by atoms with Gasteiger partial charge in [0.2, 0.25) is 0 Å². The SMILES string of the molecule is O=C(NC1CCN(C(=O)Nc2ccccc2)CC1)c1ccc(-c2cccc(C(F)(F)F)c2)o1. The minimum atomic E-state index is -4.46. The first-order valence-electron chi connectivity index (χ1n) is 10.5. The lowest BCUT2D eigenvalue weighted by molar-refractivity contribution is -0.137. The third-order valence-corrected chi connectivity index (χ3v) is 5.45. The number of likely N-dealkylation sites (tertiary alicyclic amines) is 1. The van der Waals surface area contributed by atoms with Crippen LogP contribution in [0.3, 0.4) is 0 Å². The first-order valence-corrected chi connectivity index (χ1v) is 10.5. The third-order valence-electron chi connectivity index (χ3n) is 5.45. The van der Waals surface area contributed by atoms with Gasteiger partial charge in [0.1, 0.15) is 5.76 Å². The molecule has 1 aromatic heterocycles. The van der Waals surface area contributed by atoms with Crippen molar-refractivity contribution in [1.29, 1.82) is 0 Å². The van der Waals surface area contributed by atoms with Crippen LogP contribution in [0.5, 0.6) is 0 Å². The highest BCUT2D eigenvalue weighted by Gasteiger charge is 2.31. The molecule has 0 aliphatic carbocycles. The summed E-state index contributed by atoms with van der Waals surface area (Å²) in [5.41, 5.74) is 0.166. The van der Waals surface area contributed by atoms with E-state index in [2.05, 4.69) is 10.6 Å². The van der Waals surface area contributed by atoms with Crippen molar-refractivity contribution in [2.45, 2.75) is 25.1 Å². The molecule has 1 aliphatic heterocycles. The number of anilines is 1. The van der Waals surface area contributed by atoms with Crippen LogP contribution in [0.15, 0.2) is 71.1 Å². The van der Waals surface area contributed by atoms with E-state index in [1.54, 1.807) is 4.90 Å². The van der Waals surface area contributed by atoms with Crippen molar-refractivity contribution >= 4 is 17.6 Å². The molecule has 1 fully saturated rings. The Balaban J connectivity index is 1.31. The zero-order valence-electron chi connectivity index (χ0n) is 17.6. The molecule has 2 heterocycles. The van der Waals surface area contributed by atoms with Gasteiger partial charge in [-0.3, -0.25) is 4.79 Å². The molecule has 3 aromatic rings. The minimum absolute atomic E-state index is 0.0201. The number of rotatable bonds is 4. The Kier molecular flexibility index (Phi) is 6.39. The molecule has 0 unspecified atom stereocenters. The highest BCUT2D eigenvalue weighted by molar-refractivity contribution is 5.92. The average molecular weight is 457 g/mol. The first-order chi connectivity index (χ1) is 15.8. The van der Waals surface area contributed by atoms with Crippen LogP contribution in [0, 0.1) is 0 Å². The van der Waals surface area contributed by atoms with E-state index in [0.29, 0.717) is 31.6 Å². The highest BCUT2D eigenvalue weighted by Crippen LogP contribution is 2.32. The van der Waals surface area contributed by atoms with E-state index in [1.165, 1.54) is 24.3 Å². The molecule has 172 valence electrons. The topological polar surface area (TPSA) is 74.6 Å². The molecular formula is C24H22F3N3O3. The van der Waals surface area contributed by atoms with Gasteiger partial charge in [-0.2, -0.15) is 13.2 Å². The fourth-order valence-electron chi connectivity index (χ4n) is 3.67. The normalized spacial score (nSPS) is 14.7. The summed E-state index contributed by atoms with van der Waals surface area (Å²) in [5.74, 6) is -0.245. The number of nitrogens with one attached hydrogen (secondary N) is 2. The van der Waals surface area contributed by atoms with Crippen LogP contribution in [0.1, 0.15) is 29.0 Å². The summed E-state index contributed by atoms with van der Waals surface area (Å²) < 4.78 is 44.3. The number of amides is 3. The van der Waals surface area contributed by atoms with E-state index in [0.717, 1.165) is 12.1 Å². The number of halogens is 3. The minimum Gasteiger partial charge on any atom is -0.451 e. The summed E-state index contributed by atoms with van der Waals surface area (Å²) in [5, 5.41) is 5.71. The summed E-state index contributed by atoms with van der Waals surface area (Å²) in [6, 6.07) is 16.5. The molecule has 0 atom stereocenters. The van der Waals surface area contributed by atoms with Crippen molar-refractivity contribution in [3.63, 3.8) is 0 Å². The maximum Gasteiger partial charge on any atom is 0.416 e. The van der Waals surface area contributed by atoms with Crippen LogP contribution in [-0.2, 0) is 6.18 Å². The molecule has 33 heavy (non-hydrogen) atoms. The second kappa shape index (κ2) is 9.40. The molecule has 1 aliphatic rings. The summed E-state index contributed by atoms with van der Waals surface area (Å²) in [6.45, 7) is 0.967. The zero-order chi connectivity index (χ0) is 23.4. The van der Waals surface area contributed by atoms with E-state index < -0.39 is 17.6 Å². The summed E-state index contributed by atoms with van der Waals surface area (Å²) in [6.07, 6.45) is -3.31. The molecule has 4 rings (SSSR count). The van der Waals surface area contributed by atoms with Crippen molar-refractivity contribution in [2.24, 2.45) is 0 Å². The molecule has 6 nitrogen and oxygen atoms in total. The molecule has 0 bridgehead atoms. The number of hydrogen-bond acceptors (Lipinski definition) is 3. The second-order valence-electron chi connectivity index (χ2n) is 7.77. The van der Waals surface area contributed by atoms with Gasteiger partial charge in [0.25, 0.3) is 5.91 Å². The van der Waals surface area contributed by atoms with E-state index in [-0.39, 0.29) is 29.2 Å². The number of urea groups is 1. The predicted octanol–water partition coefficient (Wildman–Crippen LogP) is 5.39. The van der Waals surface area contributed by atoms with Gasteiger partial charge in [0, 0.05) is 30.4 Å². The number of hydrogen-bond donors (Lipinski definition) is 2. The molecular weight excluding hydrogens is 435 g/mol. The van der Waals surface area contributed by atoms with Gasteiger partial charge in [0.15, 0.2) is 5.76 Å². The van der Waals surface area contributed by atoms with Crippen molar-refractivity contribution in [3.05, 3.63) is 78.1 Å². The molecule has 0 radical (unpaired) electrons. The van der Waals surface area contributed by atoms with E-state index in [1.807, 2.05) is 30.3 Å². The van der Waals surface area contributed by atoms with Gasteiger partial charge in [-0.25, -0.2) is 4.79 Å². The fraction of sp³-hybridized carbons (Fsp3) is 0.250. The summed E-state index contributed by atoms with van der Waals surface area (Å²) in [4.78, 5) is 26.6. The number of carbonyl (C=O) groups is 2. The van der Waals surface area contributed by atoms with Gasteiger partial charge in [0.05, 0.1) is 5.56 Å². The Bertz CT molecular complexity index is 1120. The number of para-hydroxylation sites is 1. The van der Waals surface area contributed by atoms with Crippen LogP contribution >= 0.6 is 0 Å². The second-order valence-corrected chi connectivity index (χ2v) is 7.77. The lowest BCUT2D eigenvalue weighted by atomic mass is 10.1.